The van der Waals surface area contributed by atoms with Crippen LogP contribution in [-0.4, -0.2) is 20.2 Å². The standard InChI is InChI=1S/C19H31BrO2SSi/c1-19(2,3)24(4,5)22-17(14-9-7-6-8-10-14)13-16(21)15-11-12-23-18(15)20/h11-12,14,17H,6-10,13H2,1-5H3. The van der Waals surface area contributed by atoms with Crippen LogP contribution in [0.5, 0.6) is 0 Å². The summed E-state index contributed by atoms with van der Waals surface area (Å²) in [6, 6.07) is 1.93. The lowest BCUT2D eigenvalue weighted by molar-refractivity contribution is 0.0688. The molecule has 0 amide bonds. The van der Waals surface area contributed by atoms with Crippen LogP contribution in [0.15, 0.2) is 15.2 Å². The molecule has 1 unspecified atom stereocenters. The van der Waals surface area contributed by atoms with Crippen LogP contribution in [0.2, 0.25) is 18.1 Å². The molecule has 0 aliphatic heterocycles. The van der Waals surface area contributed by atoms with E-state index in [1.165, 1.54) is 32.1 Å². The van der Waals surface area contributed by atoms with Crippen LogP contribution in [0, 0.1) is 5.92 Å². The number of rotatable bonds is 6. The average molecular weight is 432 g/mol. The number of Topliss-reactive ketones (excluding diaryl/α,β-unsaturated/α-hetero) is 1. The Labute approximate surface area is 160 Å². The van der Waals surface area contributed by atoms with Crippen molar-refractivity contribution in [3.8, 4) is 0 Å². The van der Waals surface area contributed by atoms with Crippen molar-refractivity contribution in [2.75, 3.05) is 0 Å². The van der Waals surface area contributed by atoms with Crippen LogP contribution < -0.4 is 0 Å². The summed E-state index contributed by atoms with van der Waals surface area (Å²) in [4.78, 5) is 12.8. The molecule has 24 heavy (non-hydrogen) atoms. The van der Waals surface area contributed by atoms with E-state index in [0.29, 0.717) is 12.3 Å². The van der Waals surface area contributed by atoms with Crippen molar-refractivity contribution < 1.29 is 9.22 Å². The Balaban J connectivity index is 2.16. The van der Waals surface area contributed by atoms with E-state index in [2.05, 4.69) is 49.8 Å². The highest BCUT2D eigenvalue weighted by molar-refractivity contribution is 9.11. The second-order valence-corrected chi connectivity index (χ2v) is 15.5. The fraction of sp³-hybridized carbons (Fsp3) is 0.737. The molecule has 0 radical (unpaired) electrons. The summed E-state index contributed by atoms with van der Waals surface area (Å²) in [6.07, 6.45) is 6.89. The van der Waals surface area contributed by atoms with E-state index in [1.807, 2.05) is 11.4 Å². The highest BCUT2D eigenvalue weighted by atomic mass is 79.9. The smallest absolute Gasteiger partial charge is 0.192 e. The van der Waals surface area contributed by atoms with Crippen molar-refractivity contribution in [2.24, 2.45) is 5.92 Å². The summed E-state index contributed by atoms with van der Waals surface area (Å²) in [7, 11) is -1.88. The van der Waals surface area contributed by atoms with Crippen molar-refractivity contribution in [3.63, 3.8) is 0 Å². The topological polar surface area (TPSA) is 26.3 Å². The largest absolute Gasteiger partial charge is 0.413 e. The minimum Gasteiger partial charge on any atom is -0.413 e. The number of thiophene rings is 1. The summed E-state index contributed by atoms with van der Waals surface area (Å²) in [5.41, 5.74) is 0.819. The van der Waals surface area contributed by atoms with Gasteiger partial charge in [-0.05, 0) is 64.3 Å². The normalized spacial score (nSPS) is 18.6. The molecule has 0 bridgehead atoms. The summed E-state index contributed by atoms with van der Waals surface area (Å²) >= 11 is 5.09. The molecule has 1 saturated carbocycles. The van der Waals surface area contributed by atoms with Crippen molar-refractivity contribution in [1.29, 1.82) is 0 Å². The second-order valence-electron chi connectivity index (χ2n) is 8.55. The Morgan fingerprint density at radius 3 is 2.46 bits per heavy atom. The zero-order valence-corrected chi connectivity index (χ0v) is 19.1. The molecule has 1 aliphatic carbocycles. The van der Waals surface area contributed by atoms with Gasteiger partial charge < -0.3 is 4.43 Å². The first-order valence-corrected chi connectivity index (χ1v) is 13.6. The molecule has 0 N–H and O–H groups in total. The fourth-order valence-corrected chi connectivity index (χ4v) is 5.85. The van der Waals surface area contributed by atoms with Crippen LogP contribution >= 0.6 is 27.3 Å². The Kier molecular flexibility index (Phi) is 6.91. The molecular formula is C19H31BrO2SSi. The molecule has 0 spiro atoms. The zero-order chi connectivity index (χ0) is 18.0. The molecule has 1 aromatic heterocycles. The van der Waals surface area contributed by atoms with Crippen molar-refractivity contribution in [2.45, 2.75) is 83.5 Å². The van der Waals surface area contributed by atoms with Gasteiger partial charge in [-0.25, -0.2) is 0 Å². The van der Waals surface area contributed by atoms with Gasteiger partial charge in [0.2, 0.25) is 0 Å². The molecule has 2 nitrogen and oxygen atoms in total. The highest BCUT2D eigenvalue weighted by Gasteiger charge is 2.41. The maximum Gasteiger partial charge on any atom is 0.192 e. The van der Waals surface area contributed by atoms with Gasteiger partial charge in [-0.1, -0.05) is 40.0 Å². The lowest BCUT2D eigenvalue weighted by Crippen LogP contribution is -2.46. The van der Waals surface area contributed by atoms with E-state index in [4.69, 9.17) is 4.43 Å². The number of halogens is 1. The Morgan fingerprint density at radius 1 is 1.33 bits per heavy atom. The molecule has 0 aromatic carbocycles. The summed E-state index contributed by atoms with van der Waals surface area (Å²) in [5.74, 6) is 0.756. The van der Waals surface area contributed by atoms with E-state index in [1.54, 1.807) is 11.3 Å². The third-order valence-electron chi connectivity index (χ3n) is 5.73. The van der Waals surface area contributed by atoms with Gasteiger partial charge in [0.15, 0.2) is 14.1 Å². The minimum absolute atomic E-state index is 0.0745. The number of carbonyl (C=O) groups excluding carboxylic acids is 1. The molecule has 1 fully saturated rings. The van der Waals surface area contributed by atoms with Gasteiger partial charge in [-0.2, -0.15) is 0 Å². The predicted octanol–water partition coefficient (Wildman–Crippen LogP) is 7.05. The first-order chi connectivity index (χ1) is 11.1. The third kappa shape index (κ3) is 5.02. The Bertz CT molecular complexity index is 556. The molecule has 1 heterocycles. The molecule has 1 atom stereocenters. The monoisotopic (exact) mass is 430 g/mol. The van der Waals surface area contributed by atoms with Crippen LogP contribution in [0.4, 0.5) is 0 Å². The average Bonchev–Trinajstić information content (AvgIpc) is 2.92. The fourth-order valence-electron chi connectivity index (χ4n) is 3.15. The van der Waals surface area contributed by atoms with E-state index < -0.39 is 8.32 Å². The lowest BCUT2D eigenvalue weighted by atomic mass is 9.83. The second kappa shape index (κ2) is 8.15. The molecule has 1 aromatic rings. The third-order valence-corrected chi connectivity index (χ3v) is 11.9. The van der Waals surface area contributed by atoms with Gasteiger partial charge in [0, 0.05) is 12.0 Å². The molecule has 0 saturated heterocycles. The summed E-state index contributed by atoms with van der Waals surface area (Å²) in [6.45, 7) is 11.4. The van der Waals surface area contributed by atoms with Gasteiger partial charge in [-0.3, -0.25) is 4.79 Å². The van der Waals surface area contributed by atoms with Gasteiger partial charge in [0.1, 0.15) is 0 Å². The number of ketones is 1. The van der Waals surface area contributed by atoms with E-state index in [9.17, 15) is 4.79 Å². The van der Waals surface area contributed by atoms with Crippen molar-refractivity contribution >= 4 is 41.4 Å². The maximum absolute atomic E-state index is 12.8. The predicted molar refractivity (Wildman–Crippen MR) is 110 cm³/mol. The maximum atomic E-state index is 12.8. The summed E-state index contributed by atoms with van der Waals surface area (Å²) < 4.78 is 7.70. The molecular weight excluding hydrogens is 400 g/mol. The number of carbonyl (C=O) groups is 1. The van der Waals surface area contributed by atoms with Gasteiger partial charge in [0.05, 0.1) is 9.89 Å². The number of hydrogen-bond donors (Lipinski definition) is 0. The zero-order valence-electron chi connectivity index (χ0n) is 15.7. The van der Waals surface area contributed by atoms with Crippen molar-refractivity contribution in [3.05, 3.63) is 20.8 Å². The Hall–Kier alpha value is 0.0269. The van der Waals surface area contributed by atoms with Gasteiger partial charge in [-0.15, -0.1) is 11.3 Å². The quantitative estimate of drug-likeness (QED) is 0.356. The molecule has 1 aliphatic rings. The van der Waals surface area contributed by atoms with E-state index >= 15 is 0 Å². The lowest BCUT2D eigenvalue weighted by Gasteiger charge is -2.42. The SMILES string of the molecule is CC(C)(C)[Si](C)(C)OC(CC(=O)c1ccsc1Br)C1CCCCC1. The van der Waals surface area contributed by atoms with Gasteiger partial charge in [0.25, 0.3) is 0 Å². The first kappa shape index (κ1) is 20.3. The van der Waals surface area contributed by atoms with E-state index in [-0.39, 0.29) is 16.9 Å². The Morgan fingerprint density at radius 2 is 1.96 bits per heavy atom. The van der Waals surface area contributed by atoms with Crippen LogP contribution in [-0.2, 0) is 4.43 Å². The minimum atomic E-state index is -1.88. The molecule has 5 heteroatoms. The van der Waals surface area contributed by atoms with Crippen LogP contribution in [0.3, 0.4) is 0 Å². The highest BCUT2D eigenvalue weighted by Crippen LogP contribution is 2.41. The summed E-state index contributed by atoms with van der Waals surface area (Å²) in [5, 5.41) is 2.15. The van der Waals surface area contributed by atoms with Gasteiger partial charge >= 0.3 is 0 Å². The van der Waals surface area contributed by atoms with E-state index in [0.717, 1.165) is 9.35 Å². The number of hydrogen-bond acceptors (Lipinski definition) is 3. The van der Waals surface area contributed by atoms with Crippen molar-refractivity contribution in [1.82, 2.24) is 0 Å². The first-order valence-electron chi connectivity index (χ1n) is 9.06. The van der Waals surface area contributed by atoms with Crippen LogP contribution in [0.25, 0.3) is 0 Å². The molecule has 136 valence electrons. The molecule has 2 rings (SSSR count). The van der Waals surface area contributed by atoms with Crippen LogP contribution in [0.1, 0.15) is 69.7 Å².